The van der Waals surface area contributed by atoms with Crippen LogP contribution in [-0.4, -0.2) is 41.1 Å². The van der Waals surface area contributed by atoms with Crippen molar-refractivity contribution in [3.8, 4) is 6.07 Å². The van der Waals surface area contributed by atoms with Crippen molar-refractivity contribution >= 4 is 5.91 Å². The molecule has 5 heteroatoms. The normalized spacial score (nSPS) is 42.8. The van der Waals surface area contributed by atoms with Crippen molar-refractivity contribution in [2.75, 3.05) is 13.1 Å². The smallest absolute Gasteiger partial charge is 0.237 e. The Hall–Kier alpha value is -1.90. The molecule has 7 rings (SSSR count). The van der Waals surface area contributed by atoms with E-state index in [1.165, 1.54) is 37.7 Å². The van der Waals surface area contributed by atoms with Crippen LogP contribution in [0.4, 0.5) is 0 Å². The maximum atomic E-state index is 12.9. The van der Waals surface area contributed by atoms with Gasteiger partial charge >= 0.3 is 0 Å². The number of likely N-dealkylation sites (tertiary alicyclic amines) is 1. The number of carbonyl (C=O) groups is 1. The fraction of sp³-hybridized carbons (Fsp3) is 0.680. The third-order valence-corrected chi connectivity index (χ3v) is 8.61. The van der Waals surface area contributed by atoms with Gasteiger partial charge in [0.05, 0.1) is 24.8 Å². The molecule has 158 valence electrons. The number of benzene rings is 1. The molecule has 0 spiro atoms. The summed E-state index contributed by atoms with van der Waals surface area (Å²) in [5, 5.41) is 13.2. The van der Waals surface area contributed by atoms with E-state index in [1.54, 1.807) is 0 Å². The van der Waals surface area contributed by atoms with Gasteiger partial charge in [-0.1, -0.05) is 30.3 Å². The zero-order valence-corrected chi connectivity index (χ0v) is 17.6. The van der Waals surface area contributed by atoms with E-state index < -0.39 is 0 Å². The van der Waals surface area contributed by atoms with Crippen molar-refractivity contribution in [3.05, 3.63) is 35.9 Å². The highest BCUT2D eigenvalue weighted by molar-refractivity contribution is 5.79. The minimum atomic E-state index is -0.193. The summed E-state index contributed by atoms with van der Waals surface area (Å²) in [6.07, 6.45) is 8.13. The van der Waals surface area contributed by atoms with E-state index in [1.807, 2.05) is 11.0 Å². The van der Waals surface area contributed by atoms with Crippen LogP contribution in [0.1, 0.15) is 50.5 Å². The summed E-state index contributed by atoms with van der Waals surface area (Å²) >= 11 is 0. The number of nitrogens with one attached hydrogen (secondary N) is 1. The largest absolute Gasteiger partial charge is 0.370 e. The molecule has 2 unspecified atom stereocenters. The van der Waals surface area contributed by atoms with Crippen molar-refractivity contribution in [1.29, 1.82) is 5.26 Å². The molecule has 4 bridgehead atoms. The number of nitrogens with zero attached hydrogens (tertiary/aromatic N) is 2. The highest BCUT2D eigenvalue weighted by Gasteiger charge is 2.59. The summed E-state index contributed by atoms with van der Waals surface area (Å²) in [6.45, 7) is 1.83. The Morgan fingerprint density at radius 2 is 1.93 bits per heavy atom. The number of piperidine rings is 1. The highest BCUT2D eigenvalue weighted by atomic mass is 16.5. The highest BCUT2D eigenvalue weighted by Crippen LogP contribution is 2.59. The third-order valence-electron chi connectivity index (χ3n) is 8.61. The maximum absolute atomic E-state index is 12.9. The zero-order chi connectivity index (χ0) is 20.3. The fourth-order valence-corrected chi connectivity index (χ4v) is 7.62. The van der Waals surface area contributed by atoms with E-state index in [9.17, 15) is 10.1 Å². The molecule has 1 heterocycles. The summed E-state index contributed by atoms with van der Waals surface area (Å²) in [5.74, 6) is 2.54. The van der Waals surface area contributed by atoms with Crippen LogP contribution in [0, 0.1) is 35.0 Å². The Kier molecular flexibility index (Phi) is 4.27. The lowest BCUT2D eigenvalue weighted by atomic mass is 9.51. The van der Waals surface area contributed by atoms with Crippen LogP contribution < -0.4 is 5.32 Å². The van der Waals surface area contributed by atoms with Gasteiger partial charge in [0.2, 0.25) is 5.91 Å². The average molecular weight is 406 g/mol. The molecule has 1 N–H and O–H groups in total. The first-order valence-corrected chi connectivity index (χ1v) is 11.7. The first-order valence-electron chi connectivity index (χ1n) is 11.7. The molecule has 5 atom stereocenters. The van der Waals surface area contributed by atoms with Gasteiger partial charge in [-0.3, -0.25) is 4.79 Å². The van der Waals surface area contributed by atoms with Gasteiger partial charge in [-0.25, -0.2) is 0 Å². The molecule has 5 aliphatic carbocycles. The standard InChI is InChI=1S/C25H31N3O2/c26-12-22-21-7-20(21)14-28(22)23(29)13-27-24-8-18-6-19(9-24)11-25(10-18,16-24)30-15-17-4-2-1-3-5-17/h1-5,18-22,27H,6-11,13-16H2/t18?,19?,20-,21-,22-,24?,25?/m1/s1. The number of nitriles is 1. The molecule has 6 fully saturated rings. The molecule has 6 aliphatic rings. The topological polar surface area (TPSA) is 65.4 Å². The van der Waals surface area contributed by atoms with Crippen LogP contribution in [-0.2, 0) is 16.1 Å². The monoisotopic (exact) mass is 405 g/mol. The minimum absolute atomic E-state index is 0.0290. The van der Waals surface area contributed by atoms with Crippen molar-refractivity contribution in [3.63, 3.8) is 0 Å². The number of hydrogen-bond donors (Lipinski definition) is 1. The van der Waals surface area contributed by atoms with E-state index in [2.05, 4.69) is 35.7 Å². The zero-order valence-electron chi connectivity index (χ0n) is 17.6. The van der Waals surface area contributed by atoms with Crippen molar-refractivity contribution in [1.82, 2.24) is 10.2 Å². The molecule has 1 aromatic rings. The fourth-order valence-electron chi connectivity index (χ4n) is 7.62. The van der Waals surface area contributed by atoms with Crippen LogP contribution in [0.2, 0.25) is 0 Å². The van der Waals surface area contributed by atoms with Crippen LogP contribution in [0.3, 0.4) is 0 Å². The molecular formula is C25H31N3O2. The lowest BCUT2D eigenvalue weighted by Gasteiger charge is -2.62. The molecule has 5 nitrogen and oxygen atoms in total. The van der Waals surface area contributed by atoms with E-state index in [0.717, 1.165) is 19.4 Å². The average Bonchev–Trinajstić information content (AvgIpc) is 3.41. The van der Waals surface area contributed by atoms with Crippen LogP contribution >= 0.6 is 0 Å². The number of carbonyl (C=O) groups excluding carboxylic acids is 1. The van der Waals surface area contributed by atoms with Gasteiger partial charge in [0, 0.05) is 12.1 Å². The maximum Gasteiger partial charge on any atom is 0.237 e. The first kappa shape index (κ1) is 18.8. The SMILES string of the molecule is N#C[C@@H]1[C@@H]2C[C@@H]2CN1C(=O)CNC12CC3CC(C1)CC(OCc1ccccc1)(C3)C2. The van der Waals surface area contributed by atoms with E-state index in [0.29, 0.717) is 36.8 Å². The summed E-state index contributed by atoms with van der Waals surface area (Å²) in [6, 6.07) is 12.7. The van der Waals surface area contributed by atoms with Crippen LogP contribution in [0.15, 0.2) is 30.3 Å². The van der Waals surface area contributed by atoms with Gasteiger partial charge in [-0.2, -0.15) is 5.26 Å². The summed E-state index contributed by atoms with van der Waals surface area (Å²) < 4.78 is 6.64. The van der Waals surface area contributed by atoms with E-state index in [-0.39, 0.29) is 23.1 Å². The molecule has 1 amide bonds. The van der Waals surface area contributed by atoms with Crippen molar-refractivity contribution < 1.29 is 9.53 Å². The second-order valence-electron chi connectivity index (χ2n) is 10.8. The van der Waals surface area contributed by atoms with Gasteiger partial charge in [0.15, 0.2) is 0 Å². The lowest BCUT2D eigenvalue weighted by molar-refractivity contribution is -0.182. The summed E-state index contributed by atoms with van der Waals surface area (Å²) in [4.78, 5) is 14.8. The number of ether oxygens (including phenoxy) is 1. The third kappa shape index (κ3) is 3.16. The van der Waals surface area contributed by atoms with Gasteiger partial charge < -0.3 is 15.0 Å². The van der Waals surface area contributed by atoms with Crippen LogP contribution in [0.5, 0.6) is 0 Å². The van der Waals surface area contributed by atoms with E-state index >= 15 is 0 Å². The molecular weight excluding hydrogens is 374 g/mol. The Labute approximate surface area is 178 Å². The molecule has 0 radical (unpaired) electrons. The van der Waals surface area contributed by atoms with Gasteiger partial charge in [0.25, 0.3) is 0 Å². The van der Waals surface area contributed by atoms with Crippen molar-refractivity contribution in [2.45, 2.75) is 68.7 Å². The molecule has 5 saturated carbocycles. The summed E-state index contributed by atoms with van der Waals surface area (Å²) in [7, 11) is 0. The number of hydrogen-bond acceptors (Lipinski definition) is 4. The number of fused-ring (bicyclic) bond motifs is 1. The van der Waals surface area contributed by atoms with Gasteiger partial charge in [-0.05, 0) is 74.2 Å². The Morgan fingerprint density at radius 3 is 2.67 bits per heavy atom. The molecule has 30 heavy (non-hydrogen) atoms. The predicted octanol–water partition coefficient (Wildman–Crippen LogP) is 3.25. The van der Waals surface area contributed by atoms with Crippen molar-refractivity contribution in [2.24, 2.45) is 23.7 Å². The molecule has 1 aromatic carbocycles. The Morgan fingerprint density at radius 1 is 1.17 bits per heavy atom. The summed E-state index contributed by atoms with van der Waals surface area (Å²) in [5.41, 5.74) is 1.22. The van der Waals surface area contributed by atoms with Gasteiger partial charge in [0.1, 0.15) is 6.04 Å². The predicted molar refractivity (Wildman–Crippen MR) is 112 cm³/mol. The van der Waals surface area contributed by atoms with Crippen LogP contribution in [0.25, 0.3) is 0 Å². The number of amides is 1. The lowest BCUT2D eigenvalue weighted by Crippen LogP contribution is -2.66. The molecule has 1 aliphatic heterocycles. The Bertz CT molecular complexity index is 864. The molecule has 1 saturated heterocycles. The number of rotatable bonds is 6. The second-order valence-corrected chi connectivity index (χ2v) is 10.8. The second kappa shape index (κ2) is 6.80. The first-order chi connectivity index (χ1) is 14.6. The molecule has 0 aromatic heterocycles. The van der Waals surface area contributed by atoms with E-state index in [4.69, 9.17) is 4.74 Å². The quantitative estimate of drug-likeness (QED) is 0.789. The Balaban J connectivity index is 1.13. The minimum Gasteiger partial charge on any atom is -0.370 e. The van der Waals surface area contributed by atoms with Gasteiger partial charge in [-0.15, -0.1) is 0 Å².